The fourth-order valence-electron chi connectivity index (χ4n) is 2.05. The molecule has 0 unspecified atom stereocenters. The molecule has 0 spiro atoms. The van der Waals surface area contributed by atoms with Crippen molar-refractivity contribution in [2.75, 3.05) is 0 Å². The molecule has 8 heteroatoms. The van der Waals surface area contributed by atoms with Crippen LogP contribution in [0.25, 0.3) is 0 Å². The Hall–Kier alpha value is -3.58. The Morgan fingerprint density at radius 3 is 2.56 bits per heavy atom. The van der Waals surface area contributed by atoms with Crippen LogP contribution in [0.3, 0.4) is 0 Å². The van der Waals surface area contributed by atoms with Crippen LogP contribution in [0.5, 0.6) is 5.75 Å². The fraction of sp³-hybridized carbons (Fsp3) is 0. The maximum Gasteiger partial charge on any atom is 0.345 e. The quantitative estimate of drug-likeness (QED) is 0.317. The predicted octanol–water partition coefficient (Wildman–Crippen LogP) is 3.11. The van der Waals surface area contributed by atoms with Crippen LogP contribution < -0.4 is 10.2 Å². The average molecular weight is 381 g/mol. The van der Waals surface area contributed by atoms with Crippen molar-refractivity contribution in [3.8, 4) is 5.75 Å². The largest absolute Gasteiger partial charge is 0.423 e. The number of rotatable bonds is 5. The van der Waals surface area contributed by atoms with Crippen molar-refractivity contribution < 1.29 is 14.3 Å². The van der Waals surface area contributed by atoms with Crippen LogP contribution in [0.15, 0.2) is 72.2 Å². The van der Waals surface area contributed by atoms with Gasteiger partial charge in [-0.15, -0.1) is 0 Å². The molecule has 3 rings (SSSR count). The van der Waals surface area contributed by atoms with Gasteiger partial charge in [-0.3, -0.25) is 9.78 Å². The van der Waals surface area contributed by atoms with Gasteiger partial charge in [0.2, 0.25) is 0 Å². The van der Waals surface area contributed by atoms with E-state index in [2.05, 4.69) is 20.5 Å². The summed E-state index contributed by atoms with van der Waals surface area (Å²) in [6.07, 6.45) is 5.68. The van der Waals surface area contributed by atoms with Crippen LogP contribution in [0.4, 0.5) is 0 Å². The minimum absolute atomic E-state index is 0.163. The van der Waals surface area contributed by atoms with Gasteiger partial charge in [0.15, 0.2) is 0 Å². The van der Waals surface area contributed by atoms with E-state index in [-0.39, 0.29) is 11.3 Å². The maximum absolute atomic E-state index is 12.1. The highest BCUT2D eigenvalue weighted by atomic mass is 35.5. The van der Waals surface area contributed by atoms with Crippen molar-refractivity contribution in [3.05, 3.63) is 89.0 Å². The summed E-state index contributed by atoms with van der Waals surface area (Å²) in [6, 6.07) is 13.2. The number of hydrogen-bond acceptors (Lipinski definition) is 6. The van der Waals surface area contributed by atoms with Gasteiger partial charge in [-0.1, -0.05) is 23.7 Å². The molecule has 0 fully saturated rings. The molecule has 1 heterocycles. The average Bonchev–Trinajstić information content (AvgIpc) is 2.70. The number of aromatic nitrogens is 2. The standard InChI is InChI=1S/C19H13ClN4O3/c20-16-4-2-1-3-15(16)19(26)27-14-7-5-13(6-8-14)11-23-24-18(25)17-12-21-9-10-22-17/h1-12H,(H,24,25)/b23-11+. The molecule has 27 heavy (non-hydrogen) atoms. The second-order valence-corrected chi connectivity index (χ2v) is 5.64. The van der Waals surface area contributed by atoms with E-state index in [9.17, 15) is 9.59 Å². The third-order valence-corrected chi connectivity index (χ3v) is 3.69. The first kappa shape index (κ1) is 18.2. The van der Waals surface area contributed by atoms with Crippen molar-refractivity contribution >= 4 is 29.7 Å². The molecule has 0 radical (unpaired) electrons. The van der Waals surface area contributed by atoms with Gasteiger partial charge in [0.25, 0.3) is 5.91 Å². The molecule has 0 aliphatic heterocycles. The number of hydrazone groups is 1. The molecular weight excluding hydrogens is 368 g/mol. The van der Waals surface area contributed by atoms with E-state index in [0.29, 0.717) is 16.3 Å². The Morgan fingerprint density at radius 2 is 1.85 bits per heavy atom. The number of nitrogens with one attached hydrogen (secondary N) is 1. The smallest absolute Gasteiger partial charge is 0.345 e. The summed E-state index contributed by atoms with van der Waals surface area (Å²) >= 11 is 5.98. The van der Waals surface area contributed by atoms with Gasteiger partial charge in [-0.2, -0.15) is 5.10 Å². The molecule has 1 aromatic heterocycles. The number of ether oxygens (including phenoxy) is 1. The molecule has 134 valence electrons. The Morgan fingerprint density at radius 1 is 1.07 bits per heavy atom. The molecule has 0 aliphatic carbocycles. The van der Waals surface area contributed by atoms with Crippen molar-refractivity contribution in [1.29, 1.82) is 0 Å². The van der Waals surface area contributed by atoms with Gasteiger partial charge in [0.05, 0.1) is 23.0 Å². The van der Waals surface area contributed by atoms with Crippen molar-refractivity contribution in [3.63, 3.8) is 0 Å². The molecule has 7 nitrogen and oxygen atoms in total. The summed E-state index contributed by atoms with van der Waals surface area (Å²) in [5.41, 5.74) is 3.50. The normalized spacial score (nSPS) is 10.6. The topological polar surface area (TPSA) is 93.5 Å². The first-order chi connectivity index (χ1) is 13.1. The second-order valence-electron chi connectivity index (χ2n) is 5.23. The van der Waals surface area contributed by atoms with Crippen molar-refractivity contribution in [2.24, 2.45) is 5.10 Å². The third-order valence-electron chi connectivity index (χ3n) is 3.36. The minimum Gasteiger partial charge on any atom is -0.423 e. The first-order valence-corrected chi connectivity index (χ1v) is 8.17. The number of esters is 1. The summed E-state index contributed by atoms with van der Waals surface area (Å²) < 4.78 is 5.28. The van der Waals surface area contributed by atoms with Gasteiger partial charge in [0, 0.05) is 12.4 Å². The molecular formula is C19H13ClN4O3. The third kappa shape index (κ3) is 4.96. The SMILES string of the molecule is O=C(N/N=C/c1ccc(OC(=O)c2ccccc2Cl)cc1)c1cnccn1. The molecule has 1 N–H and O–H groups in total. The molecule has 0 saturated heterocycles. The number of benzene rings is 2. The Labute approximate surface area is 159 Å². The van der Waals surface area contributed by atoms with Gasteiger partial charge < -0.3 is 4.74 Å². The minimum atomic E-state index is -0.543. The van der Waals surface area contributed by atoms with Crippen LogP contribution in [-0.4, -0.2) is 28.1 Å². The zero-order chi connectivity index (χ0) is 19.1. The number of amides is 1. The highest BCUT2D eigenvalue weighted by Gasteiger charge is 2.12. The highest BCUT2D eigenvalue weighted by molar-refractivity contribution is 6.33. The van der Waals surface area contributed by atoms with Gasteiger partial charge in [-0.25, -0.2) is 15.2 Å². The first-order valence-electron chi connectivity index (χ1n) is 7.79. The van der Waals surface area contributed by atoms with Gasteiger partial charge in [-0.05, 0) is 42.0 Å². The Kier molecular flexibility index (Phi) is 5.86. The van der Waals surface area contributed by atoms with Crippen LogP contribution >= 0.6 is 11.6 Å². The van der Waals surface area contributed by atoms with E-state index in [1.165, 1.54) is 24.8 Å². The summed E-state index contributed by atoms with van der Waals surface area (Å²) in [6.45, 7) is 0. The lowest BCUT2D eigenvalue weighted by molar-refractivity contribution is 0.0734. The molecule has 0 bridgehead atoms. The zero-order valence-corrected chi connectivity index (χ0v) is 14.6. The van der Waals surface area contributed by atoms with Gasteiger partial charge >= 0.3 is 5.97 Å². The van der Waals surface area contributed by atoms with Crippen LogP contribution in [0, 0.1) is 0 Å². The monoisotopic (exact) mass is 380 g/mol. The number of halogens is 1. The number of carbonyl (C=O) groups is 2. The lowest BCUT2D eigenvalue weighted by Crippen LogP contribution is -2.19. The zero-order valence-electron chi connectivity index (χ0n) is 13.9. The van der Waals surface area contributed by atoms with Gasteiger partial charge in [0.1, 0.15) is 11.4 Å². The number of nitrogens with zero attached hydrogens (tertiary/aromatic N) is 3. The van der Waals surface area contributed by atoms with Crippen LogP contribution in [-0.2, 0) is 0 Å². The van der Waals surface area contributed by atoms with Crippen LogP contribution in [0.1, 0.15) is 26.4 Å². The molecule has 0 aliphatic rings. The Bertz CT molecular complexity index is 976. The molecule has 1 amide bonds. The summed E-state index contributed by atoms with van der Waals surface area (Å²) in [5, 5.41) is 4.17. The Balaban J connectivity index is 1.58. The maximum atomic E-state index is 12.1. The number of hydrogen-bond donors (Lipinski definition) is 1. The van der Waals surface area contributed by atoms with E-state index in [1.54, 1.807) is 48.5 Å². The fourth-order valence-corrected chi connectivity index (χ4v) is 2.26. The predicted molar refractivity (Wildman–Crippen MR) is 99.9 cm³/mol. The van der Waals surface area contributed by atoms with Crippen molar-refractivity contribution in [1.82, 2.24) is 15.4 Å². The van der Waals surface area contributed by atoms with Crippen LogP contribution in [0.2, 0.25) is 5.02 Å². The summed E-state index contributed by atoms with van der Waals surface area (Å²) in [5.74, 6) is -0.649. The summed E-state index contributed by atoms with van der Waals surface area (Å²) in [4.78, 5) is 31.6. The second kappa shape index (κ2) is 8.68. The summed E-state index contributed by atoms with van der Waals surface area (Å²) in [7, 11) is 0. The van der Waals surface area contributed by atoms with E-state index < -0.39 is 11.9 Å². The molecule has 2 aromatic carbocycles. The highest BCUT2D eigenvalue weighted by Crippen LogP contribution is 2.18. The van der Waals surface area contributed by atoms with E-state index in [4.69, 9.17) is 16.3 Å². The van der Waals surface area contributed by atoms with E-state index in [1.807, 2.05) is 0 Å². The lowest BCUT2D eigenvalue weighted by Gasteiger charge is -2.05. The molecule has 0 atom stereocenters. The number of carbonyl (C=O) groups excluding carboxylic acids is 2. The van der Waals surface area contributed by atoms with E-state index >= 15 is 0 Å². The van der Waals surface area contributed by atoms with E-state index in [0.717, 1.165) is 0 Å². The molecule has 3 aromatic rings. The molecule has 0 saturated carbocycles. The van der Waals surface area contributed by atoms with Crippen molar-refractivity contribution in [2.45, 2.75) is 0 Å². The lowest BCUT2D eigenvalue weighted by atomic mass is 10.2.